The normalized spacial score (nSPS) is 16.8. The van der Waals surface area contributed by atoms with Crippen LogP contribution in [0.5, 0.6) is 0 Å². The molecule has 26 heavy (non-hydrogen) atoms. The topological polar surface area (TPSA) is 38.1 Å². The van der Waals surface area contributed by atoms with E-state index in [1.807, 2.05) is 65.0 Å². The number of para-hydroxylation sites is 1. The van der Waals surface area contributed by atoms with Crippen molar-refractivity contribution in [2.45, 2.75) is 25.8 Å². The molecule has 1 atom stereocenters. The molecule has 1 fully saturated rings. The molecule has 0 spiro atoms. The van der Waals surface area contributed by atoms with Gasteiger partial charge >= 0.3 is 0 Å². The molecule has 1 aromatic heterocycles. The van der Waals surface area contributed by atoms with Gasteiger partial charge in [-0.1, -0.05) is 46.3 Å². The molecule has 2 aromatic carbocycles. The number of hydrogen-bond donors (Lipinski definition) is 0. The largest absolute Gasteiger partial charge is 0.330 e. The zero-order chi connectivity index (χ0) is 18.1. The average Bonchev–Trinajstić information content (AvgIpc) is 3.29. The zero-order valence-corrected chi connectivity index (χ0v) is 16.2. The molecule has 1 aliphatic heterocycles. The van der Waals surface area contributed by atoms with Crippen LogP contribution in [0.2, 0.25) is 0 Å². The first-order valence-electron chi connectivity index (χ1n) is 8.82. The fraction of sp³-hybridized carbons (Fsp3) is 0.238. The van der Waals surface area contributed by atoms with Crippen LogP contribution in [0.25, 0.3) is 5.69 Å². The molecule has 1 unspecified atom stereocenters. The van der Waals surface area contributed by atoms with Crippen LogP contribution in [0.1, 0.15) is 40.6 Å². The lowest BCUT2D eigenvalue weighted by Gasteiger charge is -2.24. The third kappa shape index (κ3) is 3.19. The molecular weight excluding hydrogens is 390 g/mol. The maximum absolute atomic E-state index is 13.2. The Hall–Kier alpha value is -2.40. The highest BCUT2D eigenvalue weighted by molar-refractivity contribution is 9.10. The number of halogens is 1. The highest BCUT2D eigenvalue weighted by Crippen LogP contribution is 2.34. The van der Waals surface area contributed by atoms with Crippen molar-refractivity contribution in [1.82, 2.24) is 14.7 Å². The van der Waals surface area contributed by atoms with Gasteiger partial charge in [0, 0.05) is 16.7 Å². The fourth-order valence-electron chi connectivity index (χ4n) is 3.63. The highest BCUT2D eigenvalue weighted by Gasteiger charge is 2.32. The smallest absolute Gasteiger partial charge is 0.274 e. The molecular formula is C21H20BrN3O. The summed E-state index contributed by atoms with van der Waals surface area (Å²) in [5.74, 6) is 0.00487. The van der Waals surface area contributed by atoms with Crippen molar-refractivity contribution in [2.24, 2.45) is 0 Å². The Morgan fingerprint density at radius 2 is 1.92 bits per heavy atom. The molecule has 1 amide bonds. The average molecular weight is 410 g/mol. The van der Waals surface area contributed by atoms with Gasteiger partial charge in [-0.25, -0.2) is 4.68 Å². The lowest BCUT2D eigenvalue weighted by atomic mass is 10.0. The van der Waals surface area contributed by atoms with Gasteiger partial charge in [0.25, 0.3) is 5.91 Å². The van der Waals surface area contributed by atoms with E-state index < -0.39 is 0 Å². The van der Waals surface area contributed by atoms with Gasteiger partial charge in [0.2, 0.25) is 0 Å². The number of benzene rings is 2. The summed E-state index contributed by atoms with van der Waals surface area (Å²) in [7, 11) is 0. The van der Waals surface area contributed by atoms with Crippen LogP contribution in [0, 0.1) is 6.92 Å². The van der Waals surface area contributed by atoms with E-state index in [9.17, 15) is 4.79 Å². The second-order valence-corrected chi connectivity index (χ2v) is 7.55. The number of likely N-dealkylation sites (tertiary alicyclic amines) is 1. The van der Waals surface area contributed by atoms with Gasteiger partial charge in [-0.15, -0.1) is 0 Å². The zero-order valence-electron chi connectivity index (χ0n) is 14.6. The van der Waals surface area contributed by atoms with Crippen LogP contribution < -0.4 is 0 Å². The summed E-state index contributed by atoms with van der Waals surface area (Å²) in [6.07, 6.45) is 2.00. The van der Waals surface area contributed by atoms with Crippen LogP contribution in [0.3, 0.4) is 0 Å². The third-order valence-corrected chi connectivity index (χ3v) is 5.35. The Morgan fingerprint density at radius 3 is 2.69 bits per heavy atom. The van der Waals surface area contributed by atoms with Gasteiger partial charge in [0.1, 0.15) is 0 Å². The second kappa shape index (κ2) is 7.08. The molecule has 1 aliphatic rings. The SMILES string of the molecule is Cc1cc(C(=O)N2CCCC2c2cccc(Br)c2)nn1-c1ccccc1. The van der Waals surface area contributed by atoms with Crippen molar-refractivity contribution < 1.29 is 4.79 Å². The van der Waals surface area contributed by atoms with Crippen molar-refractivity contribution in [2.75, 3.05) is 6.54 Å². The van der Waals surface area contributed by atoms with E-state index in [2.05, 4.69) is 33.2 Å². The van der Waals surface area contributed by atoms with Crippen LogP contribution in [-0.4, -0.2) is 27.1 Å². The number of hydrogen-bond acceptors (Lipinski definition) is 2. The highest BCUT2D eigenvalue weighted by atomic mass is 79.9. The van der Waals surface area contributed by atoms with Crippen LogP contribution in [0.15, 0.2) is 65.1 Å². The molecule has 4 rings (SSSR count). The fourth-order valence-corrected chi connectivity index (χ4v) is 4.04. The molecule has 3 aromatic rings. The van der Waals surface area contributed by atoms with Gasteiger partial charge in [0.15, 0.2) is 5.69 Å². The number of rotatable bonds is 3. The third-order valence-electron chi connectivity index (χ3n) is 4.85. The van der Waals surface area contributed by atoms with Gasteiger partial charge in [-0.2, -0.15) is 5.10 Å². The molecule has 0 N–H and O–H groups in total. The molecule has 0 aliphatic carbocycles. The molecule has 132 valence electrons. The summed E-state index contributed by atoms with van der Waals surface area (Å²) in [4.78, 5) is 15.1. The van der Waals surface area contributed by atoms with Crippen LogP contribution in [0.4, 0.5) is 0 Å². The lowest BCUT2D eigenvalue weighted by molar-refractivity contribution is 0.0729. The minimum absolute atomic E-state index is 0.00487. The number of nitrogens with zero attached hydrogens (tertiary/aromatic N) is 3. The summed E-state index contributed by atoms with van der Waals surface area (Å²) >= 11 is 3.53. The predicted molar refractivity (Wildman–Crippen MR) is 105 cm³/mol. The van der Waals surface area contributed by atoms with Crippen LogP contribution >= 0.6 is 15.9 Å². The molecule has 1 saturated heterocycles. The van der Waals surface area contributed by atoms with E-state index in [0.717, 1.165) is 35.2 Å². The Morgan fingerprint density at radius 1 is 1.12 bits per heavy atom. The lowest BCUT2D eigenvalue weighted by Crippen LogP contribution is -2.31. The number of carbonyl (C=O) groups is 1. The van der Waals surface area contributed by atoms with Crippen molar-refractivity contribution in [3.63, 3.8) is 0 Å². The van der Waals surface area contributed by atoms with E-state index in [0.29, 0.717) is 5.69 Å². The number of carbonyl (C=O) groups excluding carboxylic acids is 1. The van der Waals surface area contributed by atoms with E-state index >= 15 is 0 Å². The summed E-state index contributed by atoms with van der Waals surface area (Å²) < 4.78 is 2.87. The second-order valence-electron chi connectivity index (χ2n) is 6.63. The predicted octanol–water partition coefficient (Wildman–Crippen LogP) is 4.92. The molecule has 2 heterocycles. The van der Waals surface area contributed by atoms with Crippen LogP contribution in [-0.2, 0) is 0 Å². The summed E-state index contributed by atoms with van der Waals surface area (Å²) in [5, 5.41) is 4.59. The maximum atomic E-state index is 13.2. The molecule has 0 radical (unpaired) electrons. The van der Waals surface area contributed by atoms with E-state index in [-0.39, 0.29) is 11.9 Å². The quantitative estimate of drug-likeness (QED) is 0.615. The Kier molecular flexibility index (Phi) is 4.64. The monoisotopic (exact) mass is 409 g/mol. The Balaban J connectivity index is 1.63. The van der Waals surface area contributed by atoms with Gasteiger partial charge < -0.3 is 4.90 Å². The summed E-state index contributed by atoms with van der Waals surface area (Å²) in [6, 6.07) is 20.1. The van der Waals surface area contributed by atoms with E-state index in [4.69, 9.17) is 0 Å². The molecule has 5 heteroatoms. The van der Waals surface area contributed by atoms with Gasteiger partial charge in [0.05, 0.1) is 11.7 Å². The standard InChI is InChI=1S/C21H20BrN3O/c1-15-13-19(23-25(15)18-9-3-2-4-10-18)21(26)24-12-6-11-20(24)16-7-5-8-17(22)14-16/h2-5,7-10,13-14,20H,6,11-12H2,1H3. The first-order valence-corrected chi connectivity index (χ1v) is 9.61. The van der Waals surface area contributed by atoms with E-state index in [1.54, 1.807) is 0 Å². The molecule has 0 saturated carbocycles. The Bertz CT molecular complexity index is 935. The van der Waals surface area contributed by atoms with Gasteiger partial charge in [-0.3, -0.25) is 4.79 Å². The maximum Gasteiger partial charge on any atom is 0.274 e. The summed E-state index contributed by atoms with van der Waals surface area (Å²) in [6.45, 7) is 2.75. The first-order chi connectivity index (χ1) is 12.6. The molecule has 0 bridgehead atoms. The number of aromatic nitrogens is 2. The minimum Gasteiger partial charge on any atom is -0.330 e. The van der Waals surface area contributed by atoms with Gasteiger partial charge in [-0.05, 0) is 55.7 Å². The van der Waals surface area contributed by atoms with Crippen molar-refractivity contribution >= 4 is 21.8 Å². The minimum atomic E-state index is 0.00487. The first kappa shape index (κ1) is 17.0. The summed E-state index contributed by atoms with van der Waals surface area (Å²) in [5.41, 5.74) is 3.60. The number of amides is 1. The van der Waals surface area contributed by atoms with E-state index in [1.165, 1.54) is 5.56 Å². The van der Waals surface area contributed by atoms with Crippen molar-refractivity contribution in [3.05, 3.63) is 82.1 Å². The Labute approximate surface area is 161 Å². The number of aryl methyl sites for hydroxylation is 1. The van der Waals surface area contributed by atoms with Crippen molar-refractivity contribution in [1.29, 1.82) is 0 Å². The molecule has 4 nitrogen and oxygen atoms in total. The van der Waals surface area contributed by atoms with Crippen molar-refractivity contribution in [3.8, 4) is 5.69 Å².